The summed E-state index contributed by atoms with van der Waals surface area (Å²) < 4.78 is 5.12. The van der Waals surface area contributed by atoms with E-state index in [0.29, 0.717) is 42.0 Å². The molecule has 0 spiro atoms. The third kappa shape index (κ3) is 4.42. The first-order valence-electron chi connectivity index (χ1n) is 9.04. The number of esters is 1. The highest BCUT2D eigenvalue weighted by Crippen LogP contribution is 2.32. The first-order chi connectivity index (χ1) is 13.0. The van der Waals surface area contributed by atoms with Crippen LogP contribution in [0.25, 0.3) is 0 Å². The van der Waals surface area contributed by atoms with E-state index in [1.54, 1.807) is 0 Å². The van der Waals surface area contributed by atoms with Gasteiger partial charge in [-0.3, -0.25) is 4.79 Å². The molecule has 0 saturated carbocycles. The minimum atomic E-state index is -0.117. The van der Waals surface area contributed by atoms with Crippen molar-refractivity contribution in [3.8, 4) is 0 Å². The van der Waals surface area contributed by atoms with E-state index < -0.39 is 0 Å². The molecule has 1 fully saturated rings. The van der Waals surface area contributed by atoms with Gasteiger partial charge in [0.05, 0.1) is 12.5 Å². The Balaban J connectivity index is 1.73. The van der Waals surface area contributed by atoms with Crippen LogP contribution in [0.15, 0.2) is 24.5 Å². The highest BCUT2D eigenvalue weighted by atomic mass is 35.5. The van der Waals surface area contributed by atoms with Crippen LogP contribution in [0, 0.1) is 12.8 Å². The Morgan fingerprint density at radius 3 is 2.78 bits per heavy atom. The Hall–Kier alpha value is -2.54. The molecular formula is C19H24ClN5O2. The van der Waals surface area contributed by atoms with Gasteiger partial charge < -0.3 is 20.7 Å². The molecule has 1 aliphatic heterocycles. The molecule has 2 heterocycles. The fourth-order valence-corrected chi connectivity index (χ4v) is 3.45. The van der Waals surface area contributed by atoms with Gasteiger partial charge in [0.1, 0.15) is 12.0 Å². The number of carbonyl (C=O) groups excluding carboxylic acids is 1. The van der Waals surface area contributed by atoms with E-state index in [9.17, 15) is 4.79 Å². The van der Waals surface area contributed by atoms with E-state index in [4.69, 9.17) is 22.1 Å². The van der Waals surface area contributed by atoms with Crippen LogP contribution in [-0.4, -0.2) is 35.6 Å². The van der Waals surface area contributed by atoms with Crippen LogP contribution < -0.4 is 16.0 Å². The lowest BCUT2D eigenvalue weighted by Gasteiger charge is -2.32. The molecule has 1 aliphatic rings. The van der Waals surface area contributed by atoms with Crippen LogP contribution in [0.5, 0.6) is 0 Å². The predicted octanol–water partition coefficient (Wildman–Crippen LogP) is 3.54. The average molecular weight is 390 g/mol. The van der Waals surface area contributed by atoms with Crippen molar-refractivity contribution in [2.24, 2.45) is 5.92 Å². The molecular weight excluding hydrogens is 366 g/mol. The Bertz CT molecular complexity index is 822. The molecule has 3 rings (SSSR count). The number of nitrogens with zero attached hydrogens (tertiary/aromatic N) is 3. The third-order valence-electron chi connectivity index (χ3n) is 4.72. The van der Waals surface area contributed by atoms with Crippen molar-refractivity contribution < 1.29 is 9.53 Å². The SMILES string of the molecule is CCOC(=O)C1CCN(c2ncnc(Nc3ccc(Cl)cc3C)c2N)CC1. The van der Waals surface area contributed by atoms with E-state index >= 15 is 0 Å². The van der Waals surface area contributed by atoms with Crippen LogP contribution in [-0.2, 0) is 9.53 Å². The monoisotopic (exact) mass is 389 g/mol. The number of anilines is 4. The lowest BCUT2D eigenvalue weighted by atomic mass is 9.97. The zero-order valence-corrected chi connectivity index (χ0v) is 16.3. The largest absolute Gasteiger partial charge is 0.466 e. The number of hydrogen-bond donors (Lipinski definition) is 2. The van der Waals surface area contributed by atoms with Gasteiger partial charge in [-0.1, -0.05) is 11.6 Å². The summed E-state index contributed by atoms with van der Waals surface area (Å²) in [5.41, 5.74) is 8.71. The average Bonchev–Trinajstić information content (AvgIpc) is 2.66. The van der Waals surface area contributed by atoms with Gasteiger partial charge in [0.25, 0.3) is 0 Å². The summed E-state index contributed by atoms with van der Waals surface area (Å²) in [5, 5.41) is 3.93. The molecule has 144 valence electrons. The van der Waals surface area contributed by atoms with Crippen molar-refractivity contribution in [2.75, 3.05) is 35.6 Å². The molecule has 0 aliphatic carbocycles. The zero-order chi connectivity index (χ0) is 19.4. The number of hydrogen-bond acceptors (Lipinski definition) is 7. The second-order valence-electron chi connectivity index (χ2n) is 6.56. The smallest absolute Gasteiger partial charge is 0.309 e. The van der Waals surface area contributed by atoms with Gasteiger partial charge in [-0.25, -0.2) is 9.97 Å². The maximum absolute atomic E-state index is 11.9. The lowest BCUT2D eigenvalue weighted by Crippen LogP contribution is -2.37. The van der Waals surface area contributed by atoms with E-state index in [1.165, 1.54) is 6.33 Å². The van der Waals surface area contributed by atoms with E-state index in [2.05, 4.69) is 20.2 Å². The Morgan fingerprint density at radius 2 is 2.11 bits per heavy atom. The molecule has 0 amide bonds. The van der Waals surface area contributed by atoms with Crippen LogP contribution in [0.4, 0.5) is 23.0 Å². The number of carbonyl (C=O) groups is 1. The number of nitrogen functional groups attached to an aromatic ring is 1. The minimum absolute atomic E-state index is 0.0569. The summed E-state index contributed by atoms with van der Waals surface area (Å²) in [5.74, 6) is 1.06. The summed E-state index contributed by atoms with van der Waals surface area (Å²) >= 11 is 6.01. The standard InChI is InChI=1S/C19H24ClN5O2/c1-3-27-19(26)13-6-8-25(9-7-13)18-16(21)17(22-11-23-18)24-15-5-4-14(20)10-12(15)2/h4-5,10-11,13H,3,6-9,21H2,1-2H3,(H,22,23,24). The van der Waals surface area contributed by atoms with Gasteiger partial charge >= 0.3 is 5.97 Å². The lowest BCUT2D eigenvalue weighted by molar-refractivity contribution is -0.148. The maximum atomic E-state index is 11.9. The van der Waals surface area contributed by atoms with Crippen molar-refractivity contribution >= 4 is 40.6 Å². The normalized spacial score (nSPS) is 14.9. The second-order valence-corrected chi connectivity index (χ2v) is 6.99. The molecule has 0 atom stereocenters. The molecule has 7 nitrogen and oxygen atoms in total. The molecule has 0 bridgehead atoms. The number of halogens is 1. The molecule has 1 aromatic heterocycles. The highest BCUT2D eigenvalue weighted by molar-refractivity contribution is 6.30. The number of benzene rings is 1. The van der Waals surface area contributed by atoms with Crippen molar-refractivity contribution in [1.82, 2.24) is 9.97 Å². The number of nitrogens with one attached hydrogen (secondary N) is 1. The molecule has 2 aromatic rings. The topological polar surface area (TPSA) is 93.4 Å². The second kappa shape index (κ2) is 8.43. The minimum Gasteiger partial charge on any atom is -0.466 e. The first-order valence-corrected chi connectivity index (χ1v) is 9.42. The van der Waals surface area contributed by atoms with Crippen molar-refractivity contribution in [1.29, 1.82) is 0 Å². The molecule has 1 saturated heterocycles. The Morgan fingerprint density at radius 1 is 1.37 bits per heavy atom. The number of nitrogens with two attached hydrogens (primary N) is 1. The van der Waals surface area contributed by atoms with Gasteiger partial charge in [0, 0.05) is 23.8 Å². The zero-order valence-electron chi connectivity index (χ0n) is 15.5. The number of piperidine rings is 1. The fraction of sp³-hybridized carbons (Fsp3) is 0.421. The molecule has 0 radical (unpaired) electrons. The Kier molecular flexibility index (Phi) is 6.01. The third-order valence-corrected chi connectivity index (χ3v) is 4.95. The van der Waals surface area contributed by atoms with E-state index in [1.807, 2.05) is 32.0 Å². The quantitative estimate of drug-likeness (QED) is 0.755. The van der Waals surface area contributed by atoms with Gasteiger partial charge in [-0.15, -0.1) is 0 Å². The number of ether oxygens (including phenoxy) is 1. The highest BCUT2D eigenvalue weighted by Gasteiger charge is 2.28. The van der Waals surface area contributed by atoms with Crippen molar-refractivity contribution in [3.05, 3.63) is 35.1 Å². The molecule has 1 aromatic carbocycles. The van der Waals surface area contributed by atoms with Gasteiger partial charge in [0.2, 0.25) is 0 Å². The molecule has 27 heavy (non-hydrogen) atoms. The van der Waals surface area contributed by atoms with Gasteiger partial charge in [0.15, 0.2) is 11.6 Å². The van der Waals surface area contributed by atoms with Crippen molar-refractivity contribution in [3.63, 3.8) is 0 Å². The number of rotatable bonds is 5. The number of aryl methyl sites for hydroxylation is 1. The van der Waals surface area contributed by atoms with Gasteiger partial charge in [-0.2, -0.15) is 0 Å². The van der Waals surface area contributed by atoms with Crippen LogP contribution in [0.2, 0.25) is 5.02 Å². The number of aromatic nitrogens is 2. The van der Waals surface area contributed by atoms with E-state index in [-0.39, 0.29) is 11.9 Å². The summed E-state index contributed by atoms with van der Waals surface area (Å²) in [6.07, 6.45) is 2.94. The predicted molar refractivity (Wildman–Crippen MR) is 107 cm³/mol. The van der Waals surface area contributed by atoms with Crippen LogP contribution in [0.3, 0.4) is 0 Å². The summed E-state index contributed by atoms with van der Waals surface area (Å²) in [6, 6.07) is 5.58. The summed E-state index contributed by atoms with van der Waals surface area (Å²) in [4.78, 5) is 22.6. The maximum Gasteiger partial charge on any atom is 0.309 e. The van der Waals surface area contributed by atoms with Crippen molar-refractivity contribution in [2.45, 2.75) is 26.7 Å². The summed E-state index contributed by atoms with van der Waals surface area (Å²) in [6.45, 7) is 5.60. The van der Waals surface area contributed by atoms with Crippen LogP contribution >= 0.6 is 11.6 Å². The molecule has 8 heteroatoms. The first kappa shape index (κ1) is 19.2. The van der Waals surface area contributed by atoms with Gasteiger partial charge in [-0.05, 0) is 50.5 Å². The van der Waals surface area contributed by atoms with E-state index in [0.717, 1.165) is 24.1 Å². The molecule has 3 N–H and O–H groups in total. The summed E-state index contributed by atoms with van der Waals surface area (Å²) in [7, 11) is 0. The van der Waals surface area contributed by atoms with Crippen LogP contribution in [0.1, 0.15) is 25.3 Å². The fourth-order valence-electron chi connectivity index (χ4n) is 3.22. The molecule has 0 unspecified atom stereocenters. The Labute approximate surface area is 163 Å².